The van der Waals surface area contributed by atoms with Crippen LogP contribution in [0.4, 0.5) is 0 Å². The van der Waals surface area contributed by atoms with Crippen molar-refractivity contribution in [1.82, 2.24) is 9.80 Å². The summed E-state index contributed by atoms with van der Waals surface area (Å²) in [5, 5.41) is 19.8. The summed E-state index contributed by atoms with van der Waals surface area (Å²) in [6.07, 6.45) is -0.588. The van der Waals surface area contributed by atoms with Crippen molar-refractivity contribution in [2.75, 3.05) is 40.5 Å². The minimum atomic E-state index is -0.588. The summed E-state index contributed by atoms with van der Waals surface area (Å²) in [7, 11) is 3.59. The number of nitrogens with zero attached hydrogens (tertiary/aromatic N) is 2. The number of rotatable bonds is 13. The number of hydrogen-bond donors (Lipinski definition) is 2. The molecule has 2 N–H and O–H groups in total. The molecule has 0 aliphatic heterocycles. The molecule has 0 amide bonds. The first-order valence-electron chi connectivity index (χ1n) is 10.5. The van der Waals surface area contributed by atoms with Gasteiger partial charge in [0, 0.05) is 32.2 Å². The van der Waals surface area contributed by atoms with Gasteiger partial charge in [0.2, 0.25) is 0 Å². The van der Waals surface area contributed by atoms with Gasteiger partial charge in [0.1, 0.15) is 12.7 Å². The summed E-state index contributed by atoms with van der Waals surface area (Å²) < 4.78 is 11.3. The molecule has 0 bridgehead atoms. The first kappa shape index (κ1) is 24.2. The van der Waals surface area contributed by atoms with E-state index in [1.54, 1.807) is 7.11 Å². The van der Waals surface area contributed by atoms with E-state index in [9.17, 15) is 10.2 Å². The number of aliphatic hydroxyl groups excluding tert-OH is 2. The summed E-state index contributed by atoms with van der Waals surface area (Å²) in [5.41, 5.74) is 2.26. The standard InChI is InChI=1S/C24H36N2O4/c1-19(2)25(3)17-22(28)18-30-24-14-21(10-11-23(24)29-4)16-26(12-13-27)15-20-8-6-5-7-9-20/h5-11,14,19,22,27-28H,12-13,15-18H2,1-4H3/t22-/m0/s1. The highest BCUT2D eigenvalue weighted by Gasteiger charge is 2.14. The van der Waals surface area contributed by atoms with E-state index in [1.165, 1.54) is 5.56 Å². The van der Waals surface area contributed by atoms with Crippen molar-refractivity contribution in [2.45, 2.75) is 39.1 Å². The highest BCUT2D eigenvalue weighted by Crippen LogP contribution is 2.29. The zero-order chi connectivity index (χ0) is 21.9. The van der Waals surface area contributed by atoms with Gasteiger partial charge in [0.15, 0.2) is 11.5 Å². The summed E-state index contributed by atoms with van der Waals surface area (Å²) >= 11 is 0. The molecule has 1 atom stereocenters. The molecule has 0 saturated heterocycles. The average Bonchev–Trinajstić information content (AvgIpc) is 2.73. The molecule has 0 aliphatic rings. The Morgan fingerprint density at radius 2 is 1.67 bits per heavy atom. The molecule has 0 heterocycles. The number of likely N-dealkylation sites (N-methyl/N-ethyl adjacent to an activating group) is 1. The van der Waals surface area contributed by atoms with Gasteiger partial charge in [-0.25, -0.2) is 0 Å². The smallest absolute Gasteiger partial charge is 0.161 e. The molecule has 2 rings (SSSR count). The van der Waals surface area contributed by atoms with Crippen LogP contribution in [0.3, 0.4) is 0 Å². The van der Waals surface area contributed by atoms with E-state index in [1.807, 2.05) is 43.4 Å². The summed E-state index contributed by atoms with van der Waals surface area (Å²) in [6, 6.07) is 16.4. The topological polar surface area (TPSA) is 65.4 Å². The van der Waals surface area contributed by atoms with Crippen LogP contribution in [-0.4, -0.2) is 72.6 Å². The second kappa shape index (κ2) is 12.5. The fourth-order valence-corrected chi connectivity index (χ4v) is 3.17. The van der Waals surface area contributed by atoms with Crippen LogP contribution in [0.2, 0.25) is 0 Å². The zero-order valence-electron chi connectivity index (χ0n) is 18.6. The fourth-order valence-electron chi connectivity index (χ4n) is 3.17. The Morgan fingerprint density at radius 1 is 0.967 bits per heavy atom. The zero-order valence-corrected chi connectivity index (χ0v) is 18.6. The first-order chi connectivity index (χ1) is 14.4. The molecule has 6 heteroatoms. The SMILES string of the molecule is COc1ccc(CN(CCO)Cc2ccccc2)cc1OC[C@@H](O)CN(C)C(C)C. The highest BCUT2D eigenvalue weighted by molar-refractivity contribution is 5.43. The van der Waals surface area contributed by atoms with Crippen LogP contribution < -0.4 is 9.47 Å². The van der Waals surface area contributed by atoms with Crippen molar-refractivity contribution in [3.63, 3.8) is 0 Å². The van der Waals surface area contributed by atoms with E-state index in [0.29, 0.717) is 37.2 Å². The van der Waals surface area contributed by atoms with E-state index < -0.39 is 6.10 Å². The van der Waals surface area contributed by atoms with Crippen LogP contribution in [0.25, 0.3) is 0 Å². The molecule has 0 saturated carbocycles. The maximum absolute atomic E-state index is 10.3. The third-order valence-electron chi connectivity index (χ3n) is 5.11. The van der Waals surface area contributed by atoms with Gasteiger partial charge in [-0.15, -0.1) is 0 Å². The number of methoxy groups -OCH3 is 1. The minimum absolute atomic E-state index is 0.0991. The number of ether oxygens (including phenoxy) is 2. The number of benzene rings is 2. The predicted octanol–water partition coefficient (Wildman–Crippen LogP) is 2.77. The monoisotopic (exact) mass is 416 g/mol. The molecule has 2 aromatic rings. The van der Waals surface area contributed by atoms with Crippen molar-refractivity contribution < 1.29 is 19.7 Å². The van der Waals surface area contributed by atoms with Crippen molar-refractivity contribution >= 4 is 0 Å². The van der Waals surface area contributed by atoms with Crippen LogP contribution in [0, 0.1) is 0 Å². The maximum Gasteiger partial charge on any atom is 0.161 e. The Labute approximate surface area is 180 Å². The molecule has 0 spiro atoms. The molecule has 0 fully saturated rings. The van der Waals surface area contributed by atoms with Crippen LogP contribution in [0.5, 0.6) is 11.5 Å². The van der Waals surface area contributed by atoms with E-state index >= 15 is 0 Å². The van der Waals surface area contributed by atoms with Crippen molar-refractivity contribution in [1.29, 1.82) is 0 Å². The third-order valence-corrected chi connectivity index (χ3v) is 5.11. The van der Waals surface area contributed by atoms with Crippen LogP contribution in [0.1, 0.15) is 25.0 Å². The molecule has 6 nitrogen and oxygen atoms in total. The third kappa shape index (κ3) is 7.95. The Kier molecular flexibility index (Phi) is 10.1. The van der Waals surface area contributed by atoms with Crippen LogP contribution in [0.15, 0.2) is 48.5 Å². The van der Waals surface area contributed by atoms with Gasteiger partial charge in [-0.2, -0.15) is 0 Å². The second-order valence-electron chi connectivity index (χ2n) is 7.90. The highest BCUT2D eigenvalue weighted by atomic mass is 16.5. The fraction of sp³-hybridized carbons (Fsp3) is 0.500. The van der Waals surface area contributed by atoms with E-state index in [0.717, 1.165) is 12.1 Å². The molecule has 0 aliphatic carbocycles. The Morgan fingerprint density at radius 3 is 2.30 bits per heavy atom. The molecule has 30 heavy (non-hydrogen) atoms. The minimum Gasteiger partial charge on any atom is -0.493 e. The summed E-state index contributed by atoms with van der Waals surface area (Å²) in [4.78, 5) is 4.27. The van der Waals surface area contributed by atoms with Gasteiger partial charge in [-0.1, -0.05) is 36.4 Å². The average molecular weight is 417 g/mol. The van der Waals surface area contributed by atoms with E-state index in [-0.39, 0.29) is 13.2 Å². The van der Waals surface area contributed by atoms with Crippen LogP contribution in [-0.2, 0) is 13.1 Å². The predicted molar refractivity (Wildman–Crippen MR) is 120 cm³/mol. The number of aliphatic hydroxyl groups is 2. The Balaban J connectivity index is 2.04. The van der Waals surface area contributed by atoms with E-state index in [2.05, 4.69) is 35.8 Å². The molecular formula is C24H36N2O4. The van der Waals surface area contributed by atoms with Gasteiger partial charge in [-0.05, 0) is 44.2 Å². The quantitative estimate of drug-likeness (QED) is 0.524. The Bertz CT molecular complexity index is 739. The Hall–Kier alpha value is -2.12. The summed E-state index contributed by atoms with van der Waals surface area (Å²) in [6.45, 7) is 7.03. The summed E-state index contributed by atoms with van der Waals surface area (Å²) in [5.74, 6) is 1.25. The van der Waals surface area contributed by atoms with Gasteiger partial charge >= 0.3 is 0 Å². The van der Waals surface area contributed by atoms with Gasteiger partial charge < -0.3 is 24.6 Å². The molecule has 0 radical (unpaired) electrons. The molecular weight excluding hydrogens is 380 g/mol. The largest absolute Gasteiger partial charge is 0.493 e. The molecule has 0 aromatic heterocycles. The lowest BCUT2D eigenvalue weighted by molar-refractivity contribution is 0.0667. The molecule has 166 valence electrons. The maximum atomic E-state index is 10.3. The van der Waals surface area contributed by atoms with Crippen LogP contribution >= 0.6 is 0 Å². The van der Waals surface area contributed by atoms with Gasteiger partial charge in [0.25, 0.3) is 0 Å². The second-order valence-corrected chi connectivity index (χ2v) is 7.90. The van der Waals surface area contributed by atoms with Crippen molar-refractivity contribution in [3.8, 4) is 11.5 Å². The van der Waals surface area contributed by atoms with E-state index in [4.69, 9.17) is 9.47 Å². The van der Waals surface area contributed by atoms with Crippen molar-refractivity contribution in [2.24, 2.45) is 0 Å². The lowest BCUT2D eigenvalue weighted by Gasteiger charge is -2.25. The number of hydrogen-bond acceptors (Lipinski definition) is 6. The van der Waals surface area contributed by atoms with Crippen molar-refractivity contribution in [3.05, 3.63) is 59.7 Å². The first-order valence-corrected chi connectivity index (χ1v) is 10.5. The lowest BCUT2D eigenvalue weighted by atomic mass is 10.1. The van der Waals surface area contributed by atoms with Gasteiger partial charge in [-0.3, -0.25) is 4.90 Å². The molecule has 0 unspecified atom stereocenters. The molecule has 2 aromatic carbocycles. The van der Waals surface area contributed by atoms with Gasteiger partial charge in [0.05, 0.1) is 13.7 Å². The normalized spacial score (nSPS) is 12.6. The lowest BCUT2D eigenvalue weighted by Crippen LogP contribution is -2.37.